The zero-order chi connectivity index (χ0) is 18.5. The van der Waals surface area contributed by atoms with Gasteiger partial charge in [-0.05, 0) is 55.8 Å². The molecule has 0 aliphatic heterocycles. The monoisotopic (exact) mass is 386 g/mol. The third-order valence-corrected chi connectivity index (χ3v) is 5.06. The molecule has 0 radical (unpaired) electrons. The fourth-order valence-corrected chi connectivity index (χ4v) is 3.47. The number of carbonyl (C=O) groups excluding carboxylic acids is 1. The highest BCUT2D eigenvalue weighted by atomic mass is 35.5. The standard InChI is InChI=1S/C20H19ClN2O2S/c1-13-12-26-20(22-13)15-6-8-18(9-7-15)25-11-19(24)23-14(2)16-4-3-5-17(21)10-16/h3-10,12,14H,11H2,1-2H3,(H,23,24)/t14-/m0/s1. The van der Waals surface area contributed by atoms with Crippen LogP contribution in [-0.2, 0) is 4.79 Å². The normalized spacial score (nSPS) is 11.8. The maximum absolute atomic E-state index is 12.1. The van der Waals surface area contributed by atoms with Crippen molar-refractivity contribution in [2.24, 2.45) is 0 Å². The van der Waals surface area contributed by atoms with E-state index in [0.717, 1.165) is 21.8 Å². The fraction of sp³-hybridized carbons (Fsp3) is 0.200. The molecule has 2 aromatic carbocycles. The van der Waals surface area contributed by atoms with Crippen molar-refractivity contribution in [3.05, 3.63) is 70.2 Å². The molecule has 1 N–H and O–H groups in total. The van der Waals surface area contributed by atoms with Gasteiger partial charge in [0.25, 0.3) is 5.91 Å². The second kappa shape index (κ2) is 8.34. The highest BCUT2D eigenvalue weighted by molar-refractivity contribution is 7.13. The van der Waals surface area contributed by atoms with Crippen molar-refractivity contribution in [2.75, 3.05) is 6.61 Å². The summed E-state index contributed by atoms with van der Waals surface area (Å²) in [6.07, 6.45) is 0. The number of amides is 1. The number of hydrogen-bond donors (Lipinski definition) is 1. The first-order valence-electron chi connectivity index (χ1n) is 8.21. The van der Waals surface area contributed by atoms with Crippen LogP contribution in [0.5, 0.6) is 5.75 Å². The molecule has 0 bridgehead atoms. The van der Waals surface area contributed by atoms with E-state index in [4.69, 9.17) is 16.3 Å². The van der Waals surface area contributed by atoms with Crippen molar-refractivity contribution in [3.8, 4) is 16.3 Å². The van der Waals surface area contributed by atoms with Gasteiger partial charge in [-0.3, -0.25) is 4.79 Å². The second-order valence-corrected chi connectivity index (χ2v) is 7.25. The number of carbonyl (C=O) groups is 1. The van der Waals surface area contributed by atoms with Crippen LogP contribution in [0, 0.1) is 6.92 Å². The first-order chi connectivity index (χ1) is 12.5. The quantitative estimate of drug-likeness (QED) is 0.646. The maximum Gasteiger partial charge on any atom is 0.258 e. The number of aromatic nitrogens is 1. The SMILES string of the molecule is Cc1csc(-c2ccc(OCC(=O)N[C@@H](C)c3cccc(Cl)c3)cc2)n1. The molecule has 6 heteroatoms. The van der Waals surface area contributed by atoms with Crippen LogP contribution in [0.4, 0.5) is 0 Å². The van der Waals surface area contributed by atoms with Crippen LogP contribution in [0.25, 0.3) is 10.6 Å². The number of halogens is 1. The topological polar surface area (TPSA) is 51.2 Å². The summed E-state index contributed by atoms with van der Waals surface area (Å²) in [5, 5.41) is 6.54. The first kappa shape index (κ1) is 18.4. The lowest BCUT2D eigenvalue weighted by Crippen LogP contribution is -2.31. The van der Waals surface area contributed by atoms with Crippen molar-refractivity contribution in [1.82, 2.24) is 10.3 Å². The number of ether oxygens (including phenoxy) is 1. The lowest BCUT2D eigenvalue weighted by molar-refractivity contribution is -0.123. The molecule has 0 aliphatic carbocycles. The van der Waals surface area contributed by atoms with Gasteiger partial charge in [0, 0.05) is 21.7 Å². The number of thiazole rings is 1. The number of rotatable bonds is 6. The molecule has 4 nitrogen and oxygen atoms in total. The number of benzene rings is 2. The molecule has 3 rings (SSSR count). The first-order valence-corrected chi connectivity index (χ1v) is 9.47. The van der Waals surface area contributed by atoms with Gasteiger partial charge in [-0.2, -0.15) is 0 Å². The lowest BCUT2D eigenvalue weighted by Gasteiger charge is -2.15. The second-order valence-electron chi connectivity index (χ2n) is 5.95. The zero-order valence-electron chi connectivity index (χ0n) is 14.5. The van der Waals surface area contributed by atoms with Gasteiger partial charge in [0.1, 0.15) is 10.8 Å². The van der Waals surface area contributed by atoms with Crippen LogP contribution in [0.15, 0.2) is 53.9 Å². The third-order valence-electron chi connectivity index (χ3n) is 3.82. The van der Waals surface area contributed by atoms with E-state index in [9.17, 15) is 4.79 Å². The molecular weight excluding hydrogens is 368 g/mol. The molecule has 0 saturated carbocycles. The Hall–Kier alpha value is -2.37. The smallest absolute Gasteiger partial charge is 0.258 e. The van der Waals surface area contributed by atoms with Crippen LogP contribution in [0.2, 0.25) is 5.02 Å². The highest BCUT2D eigenvalue weighted by Crippen LogP contribution is 2.25. The van der Waals surface area contributed by atoms with Gasteiger partial charge >= 0.3 is 0 Å². The van der Waals surface area contributed by atoms with E-state index in [1.54, 1.807) is 17.4 Å². The van der Waals surface area contributed by atoms with Gasteiger partial charge < -0.3 is 10.1 Å². The molecule has 0 fully saturated rings. The molecule has 1 atom stereocenters. The van der Waals surface area contributed by atoms with Gasteiger partial charge in [0.05, 0.1) is 6.04 Å². The third kappa shape index (κ3) is 4.84. The van der Waals surface area contributed by atoms with Crippen LogP contribution in [0.3, 0.4) is 0 Å². The van der Waals surface area contributed by atoms with E-state index < -0.39 is 0 Å². The van der Waals surface area contributed by atoms with Crippen molar-refractivity contribution in [1.29, 1.82) is 0 Å². The van der Waals surface area contributed by atoms with Crippen molar-refractivity contribution in [3.63, 3.8) is 0 Å². The number of hydrogen-bond acceptors (Lipinski definition) is 4. The zero-order valence-corrected chi connectivity index (χ0v) is 16.1. The molecule has 1 aromatic heterocycles. The average Bonchev–Trinajstić information content (AvgIpc) is 3.07. The minimum atomic E-state index is -0.183. The Morgan fingerprint density at radius 3 is 2.69 bits per heavy atom. The fourth-order valence-electron chi connectivity index (χ4n) is 2.47. The van der Waals surface area contributed by atoms with Gasteiger partial charge in [-0.1, -0.05) is 23.7 Å². The van der Waals surface area contributed by atoms with E-state index >= 15 is 0 Å². The van der Waals surface area contributed by atoms with Crippen LogP contribution < -0.4 is 10.1 Å². The van der Waals surface area contributed by atoms with Crippen molar-refractivity contribution in [2.45, 2.75) is 19.9 Å². The van der Waals surface area contributed by atoms with E-state index in [-0.39, 0.29) is 18.6 Å². The van der Waals surface area contributed by atoms with Gasteiger partial charge in [-0.15, -0.1) is 11.3 Å². The Bertz CT molecular complexity index is 893. The Morgan fingerprint density at radius 2 is 2.04 bits per heavy atom. The van der Waals surface area contributed by atoms with E-state index in [1.807, 2.05) is 61.7 Å². The summed E-state index contributed by atoms with van der Waals surface area (Å²) in [5.41, 5.74) is 3.00. The molecule has 1 heterocycles. The molecule has 3 aromatic rings. The number of aryl methyl sites for hydroxylation is 1. The summed E-state index contributed by atoms with van der Waals surface area (Å²) < 4.78 is 5.57. The summed E-state index contributed by atoms with van der Waals surface area (Å²) in [4.78, 5) is 16.6. The predicted molar refractivity (Wildman–Crippen MR) is 106 cm³/mol. The Kier molecular flexibility index (Phi) is 5.91. The number of nitrogens with one attached hydrogen (secondary N) is 1. The minimum absolute atomic E-state index is 0.0411. The van der Waals surface area contributed by atoms with E-state index in [2.05, 4.69) is 10.3 Å². The van der Waals surface area contributed by atoms with Crippen molar-refractivity contribution >= 4 is 28.8 Å². The molecular formula is C20H19ClN2O2S. The summed E-state index contributed by atoms with van der Waals surface area (Å²) in [6.45, 7) is 3.84. The van der Waals surface area contributed by atoms with E-state index in [0.29, 0.717) is 10.8 Å². The molecule has 26 heavy (non-hydrogen) atoms. The maximum atomic E-state index is 12.1. The highest BCUT2D eigenvalue weighted by Gasteiger charge is 2.11. The van der Waals surface area contributed by atoms with Gasteiger partial charge in [-0.25, -0.2) is 4.98 Å². The largest absolute Gasteiger partial charge is 0.484 e. The summed E-state index contributed by atoms with van der Waals surface area (Å²) in [5.74, 6) is 0.463. The molecule has 134 valence electrons. The summed E-state index contributed by atoms with van der Waals surface area (Å²) >= 11 is 7.59. The van der Waals surface area contributed by atoms with Crippen LogP contribution >= 0.6 is 22.9 Å². The Labute approximate surface area is 161 Å². The Morgan fingerprint density at radius 1 is 1.27 bits per heavy atom. The predicted octanol–water partition coefficient (Wildman–Crippen LogP) is 5.03. The summed E-state index contributed by atoms with van der Waals surface area (Å²) in [7, 11) is 0. The number of nitrogens with zero attached hydrogens (tertiary/aromatic N) is 1. The average molecular weight is 387 g/mol. The lowest BCUT2D eigenvalue weighted by atomic mass is 10.1. The minimum Gasteiger partial charge on any atom is -0.484 e. The van der Waals surface area contributed by atoms with E-state index in [1.165, 1.54) is 0 Å². The van der Waals surface area contributed by atoms with Gasteiger partial charge in [0.15, 0.2) is 6.61 Å². The van der Waals surface area contributed by atoms with Crippen LogP contribution in [-0.4, -0.2) is 17.5 Å². The van der Waals surface area contributed by atoms with Gasteiger partial charge in [0.2, 0.25) is 0 Å². The molecule has 0 spiro atoms. The van der Waals surface area contributed by atoms with Crippen molar-refractivity contribution < 1.29 is 9.53 Å². The molecule has 1 amide bonds. The molecule has 0 aliphatic rings. The summed E-state index contributed by atoms with van der Waals surface area (Å²) in [6, 6.07) is 14.9. The molecule has 0 saturated heterocycles. The Balaban J connectivity index is 1.52. The van der Waals surface area contributed by atoms with Crippen LogP contribution in [0.1, 0.15) is 24.2 Å². The molecule has 0 unspecified atom stereocenters.